The molecule has 0 spiro atoms. The highest BCUT2D eigenvalue weighted by molar-refractivity contribution is 6.23. The zero-order chi connectivity index (χ0) is 42.2. The summed E-state index contributed by atoms with van der Waals surface area (Å²) in [5.41, 5.74) is -0.842. The lowest BCUT2D eigenvalue weighted by Gasteiger charge is -2.38. The number of aliphatic hydroxyl groups is 1. The number of pyridine rings is 1. The summed E-state index contributed by atoms with van der Waals surface area (Å²) in [5, 5.41) is 27.6. The quantitative estimate of drug-likeness (QED) is 0.222. The first kappa shape index (κ1) is 41.4. The van der Waals surface area contributed by atoms with Gasteiger partial charge in [-0.2, -0.15) is 13.2 Å². The summed E-state index contributed by atoms with van der Waals surface area (Å²) in [6.07, 6.45) is 1.79. The Bertz CT molecular complexity index is 2160. The molecule has 5 heterocycles. The van der Waals surface area contributed by atoms with Crippen LogP contribution in [0.4, 0.5) is 18.9 Å². The number of likely N-dealkylation sites (tertiary alicyclic amines) is 1. The van der Waals surface area contributed by atoms with E-state index in [1.165, 1.54) is 32.1 Å². The van der Waals surface area contributed by atoms with Crippen molar-refractivity contribution >= 4 is 40.9 Å². The standard InChI is InChI=1S/C41H46F3N9O6/c1-40(2,59)29-22-30(45)24(20-32(29)48-36(55)31-4-3-5-34(47-31)41(42,43)44)23-46-25-10-12-50(13-11-25)14-15-51-16-18-52(19-17-51)26-6-7-27-28(21-26)39(58)53(38(27)57)33-8-9-35(54)49-37(33)56/h3-7,20-23,25,33,45-46,59H,8-19H2,1-2H3,(H,48,55)(H,49,54,56)/b24-23-,45-30?. The second-order valence-electron chi connectivity index (χ2n) is 15.8. The van der Waals surface area contributed by atoms with E-state index in [1.54, 1.807) is 18.3 Å². The molecule has 1 unspecified atom stereocenters. The predicted molar refractivity (Wildman–Crippen MR) is 209 cm³/mol. The van der Waals surface area contributed by atoms with Crippen LogP contribution < -0.4 is 20.9 Å². The minimum atomic E-state index is -4.72. The van der Waals surface area contributed by atoms with Crippen molar-refractivity contribution < 1.29 is 42.3 Å². The summed E-state index contributed by atoms with van der Waals surface area (Å²) in [4.78, 5) is 74.8. The number of hydrogen-bond donors (Lipinski definition) is 5. The van der Waals surface area contributed by atoms with Gasteiger partial charge in [-0.1, -0.05) is 6.07 Å². The summed E-state index contributed by atoms with van der Waals surface area (Å²) in [5.74, 6) is -2.98. The topological polar surface area (TPSA) is 191 Å². The normalized spacial score (nSPS) is 22.0. The average molecular weight is 818 g/mol. The van der Waals surface area contributed by atoms with Crippen LogP contribution >= 0.6 is 0 Å². The van der Waals surface area contributed by atoms with Crippen molar-refractivity contribution in [3.05, 3.63) is 94.1 Å². The van der Waals surface area contributed by atoms with Crippen molar-refractivity contribution in [1.29, 1.82) is 5.41 Å². The van der Waals surface area contributed by atoms with E-state index in [1.807, 2.05) is 6.07 Å². The zero-order valence-corrected chi connectivity index (χ0v) is 32.7. The number of benzene rings is 1. The van der Waals surface area contributed by atoms with Gasteiger partial charge in [0.05, 0.1) is 22.4 Å². The van der Waals surface area contributed by atoms with E-state index in [0.717, 1.165) is 87.9 Å². The lowest BCUT2D eigenvalue weighted by atomic mass is 9.87. The molecule has 0 saturated carbocycles. The first-order chi connectivity index (χ1) is 28.0. The fourth-order valence-corrected chi connectivity index (χ4v) is 7.95. The molecule has 1 aromatic heterocycles. The first-order valence-electron chi connectivity index (χ1n) is 19.6. The average Bonchev–Trinajstić information content (AvgIpc) is 3.44. The molecule has 59 heavy (non-hydrogen) atoms. The van der Waals surface area contributed by atoms with E-state index in [9.17, 15) is 42.3 Å². The predicted octanol–water partition coefficient (Wildman–Crippen LogP) is 2.61. The minimum Gasteiger partial charge on any atom is -0.388 e. The number of alkyl halides is 3. The Hall–Kier alpha value is -5.72. The Balaban J connectivity index is 0.878. The number of carbonyl (C=O) groups is 5. The van der Waals surface area contributed by atoms with Crippen LogP contribution in [0.25, 0.3) is 0 Å². The van der Waals surface area contributed by atoms with E-state index >= 15 is 0 Å². The largest absolute Gasteiger partial charge is 0.433 e. The number of piperidine rings is 2. The second-order valence-corrected chi connectivity index (χ2v) is 15.8. The molecule has 3 fully saturated rings. The lowest BCUT2D eigenvalue weighted by Crippen LogP contribution is -2.54. The van der Waals surface area contributed by atoms with Crippen LogP contribution in [0.3, 0.4) is 0 Å². The van der Waals surface area contributed by atoms with Gasteiger partial charge in [-0.25, -0.2) is 4.98 Å². The number of nitrogens with one attached hydrogen (secondary N) is 4. The van der Waals surface area contributed by atoms with Gasteiger partial charge in [-0.15, -0.1) is 0 Å². The minimum absolute atomic E-state index is 0.0650. The zero-order valence-electron chi connectivity index (χ0n) is 32.7. The second kappa shape index (κ2) is 16.5. The number of piperazine rings is 1. The molecule has 0 bridgehead atoms. The van der Waals surface area contributed by atoms with Crippen LogP contribution in [0.1, 0.15) is 76.4 Å². The number of halogens is 3. The molecule has 1 aliphatic carbocycles. The molecule has 3 saturated heterocycles. The highest BCUT2D eigenvalue weighted by Crippen LogP contribution is 2.32. The Morgan fingerprint density at radius 2 is 1.61 bits per heavy atom. The number of amides is 5. The van der Waals surface area contributed by atoms with Gasteiger partial charge in [0.1, 0.15) is 17.4 Å². The molecule has 1 aromatic carbocycles. The highest BCUT2D eigenvalue weighted by Gasteiger charge is 2.45. The van der Waals surface area contributed by atoms with E-state index in [2.05, 4.69) is 35.6 Å². The van der Waals surface area contributed by atoms with Crippen LogP contribution in [-0.2, 0) is 15.8 Å². The maximum atomic E-state index is 13.3. The first-order valence-corrected chi connectivity index (χ1v) is 19.6. The Morgan fingerprint density at radius 3 is 2.27 bits per heavy atom. The molecule has 7 rings (SSSR count). The van der Waals surface area contributed by atoms with Crippen LogP contribution in [0.5, 0.6) is 0 Å². The lowest BCUT2D eigenvalue weighted by molar-refractivity contribution is -0.141. The molecule has 15 nitrogen and oxygen atoms in total. The number of rotatable bonds is 10. The molecule has 5 N–H and O–H groups in total. The molecule has 18 heteroatoms. The van der Waals surface area contributed by atoms with Crippen molar-refractivity contribution in [1.82, 2.24) is 35.6 Å². The van der Waals surface area contributed by atoms with Gasteiger partial charge in [0, 0.05) is 93.6 Å². The summed E-state index contributed by atoms with van der Waals surface area (Å²) in [6, 6.07) is 7.36. The molecule has 4 aliphatic heterocycles. The molecule has 312 valence electrons. The van der Waals surface area contributed by atoms with Crippen molar-refractivity contribution in [2.75, 3.05) is 57.3 Å². The monoisotopic (exact) mass is 817 g/mol. The van der Waals surface area contributed by atoms with Gasteiger partial charge in [-0.05, 0) is 75.6 Å². The third-order valence-corrected chi connectivity index (χ3v) is 11.3. The van der Waals surface area contributed by atoms with Crippen LogP contribution in [0.15, 0.2) is 71.6 Å². The van der Waals surface area contributed by atoms with Gasteiger partial charge in [0.15, 0.2) is 0 Å². The van der Waals surface area contributed by atoms with Gasteiger partial charge >= 0.3 is 6.18 Å². The summed E-state index contributed by atoms with van der Waals surface area (Å²) in [7, 11) is 0. The van der Waals surface area contributed by atoms with Crippen LogP contribution in [0.2, 0.25) is 0 Å². The number of hydrogen-bond acceptors (Lipinski definition) is 12. The number of allylic oxidation sites excluding steroid dienone is 3. The molecule has 2 aromatic rings. The third-order valence-electron chi connectivity index (χ3n) is 11.3. The van der Waals surface area contributed by atoms with Crippen LogP contribution in [-0.4, -0.2) is 130 Å². The van der Waals surface area contributed by atoms with Crippen molar-refractivity contribution in [2.24, 2.45) is 0 Å². The highest BCUT2D eigenvalue weighted by atomic mass is 19.4. The third kappa shape index (κ3) is 9.14. The number of carbonyl (C=O) groups excluding carboxylic acids is 5. The molecule has 0 radical (unpaired) electrons. The smallest absolute Gasteiger partial charge is 0.388 e. The summed E-state index contributed by atoms with van der Waals surface area (Å²) >= 11 is 0. The molecule has 5 amide bonds. The number of fused-ring (bicyclic) bond motifs is 1. The maximum Gasteiger partial charge on any atom is 0.433 e. The van der Waals surface area contributed by atoms with Crippen molar-refractivity contribution in [2.45, 2.75) is 63.4 Å². The SMILES string of the molecule is CC(C)(O)C1=CC(=N)/C(=C\NC2CCN(CCN3CCN(c4ccc5c(c4)C(=O)N(C4CCC(=O)NC4=O)C5=O)CC3)CC2)C=C1NC(=O)c1cccc(C(F)(F)F)n1. The Morgan fingerprint density at radius 1 is 0.932 bits per heavy atom. The maximum absolute atomic E-state index is 13.3. The van der Waals surface area contributed by atoms with Gasteiger partial charge in [0.2, 0.25) is 11.8 Å². The Labute approximate surface area is 338 Å². The van der Waals surface area contributed by atoms with Gasteiger partial charge < -0.3 is 30.9 Å². The van der Waals surface area contributed by atoms with Crippen molar-refractivity contribution in [3.8, 4) is 0 Å². The van der Waals surface area contributed by atoms with E-state index in [0.29, 0.717) is 5.57 Å². The van der Waals surface area contributed by atoms with Crippen molar-refractivity contribution in [3.63, 3.8) is 0 Å². The van der Waals surface area contributed by atoms with Gasteiger partial charge in [-0.3, -0.25) is 39.1 Å². The molecule has 5 aliphatic rings. The van der Waals surface area contributed by atoms with E-state index in [-0.39, 0.29) is 47.0 Å². The van der Waals surface area contributed by atoms with E-state index in [4.69, 9.17) is 5.41 Å². The number of anilines is 1. The molecule has 1 atom stereocenters. The van der Waals surface area contributed by atoms with Gasteiger partial charge in [0.25, 0.3) is 17.7 Å². The summed E-state index contributed by atoms with van der Waals surface area (Å²) in [6.45, 7) is 9.59. The summed E-state index contributed by atoms with van der Waals surface area (Å²) < 4.78 is 39.7. The number of imide groups is 2. The Kier molecular flexibility index (Phi) is 11.6. The fourth-order valence-electron chi connectivity index (χ4n) is 7.95. The van der Waals surface area contributed by atoms with Crippen LogP contribution in [0, 0.1) is 5.41 Å². The molecular weight excluding hydrogens is 772 g/mol. The fraction of sp³-hybridized carbons (Fsp3) is 0.439. The molecular formula is C41H46F3N9O6. The van der Waals surface area contributed by atoms with E-state index < -0.39 is 58.7 Å². The number of nitrogens with zero attached hydrogens (tertiary/aromatic N) is 5. The number of aromatic nitrogens is 1.